The number of nitrogens with zero attached hydrogens (tertiary/aromatic N) is 3. The van der Waals surface area contributed by atoms with E-state index in [9.17, 15) is 9.50 Å². The summed E-state index contributed by atoms with van der Waals surface area (Å²) in [5, 5.41) is 19.9. The number of aliphatic hydroxyl groups excluding tert-OH is 1. The molecule has 1 aliphatic rings. The van der Waals surface area contributed by atoms with Gasteiger partial charge in [-0.2, -0.15) is 0 Å². The first-order valence-corrected chi connectivity index (χ1v) is 8.44. The first-order chi connectivity index (χ1) is 10.6. The van der Waals surface area contributed by atoms with Crippen molar-refractivity contribution in [3.63, 3.8) is 0 Å². The molecular formula is C16H20FN3OS. The Bertz CT molecular complexity index is 631. The quantitative estimate of drug-likeness (QED) is 0.941. The molecule has 0 bridgehead atoms. The summed E-state index contributed by atoms with van der Waals surface area (Å²) in [6.45, 7) is 3.60. The van der Waals surface area contributed by atoms with Crippen molar-refractivity contribution in [3.05, 3.63) is 40.7 Å². The normalized spacial score (nSPS) is 20.1. The smallest absolute Gasteiger partial charge is 0.208 e. The van der Waals surface area contributed by atoms with E-state index >= 15 is 0 Å². The number of hydrogen-bond donors (Lipinski definition) is 1. The second kappa shape index (κ2) is 6.71. The maximum Gasteiger partial charge on any atom is 0.208 e. The summed E-state index contributed by atoms with van der Waals surface area (Å²) in [6.07, 6.45) is 2.28. The van der Waals surface area contributed by atoms with Crippen LogP contribution in [0.4, 0.5) is 9.52 Å². The lowest BCUT2D eigenvalue weighted by Crippen LogP contribution is -2.39. The minimum atomic E-state index is -0.298. The summed E-state index contributed by atoms with van der Waals surface area (Å²) in [7, 11) is 0. The highest BCUT2D eigenvalue weighted by atomic mass is 32.1. The topological polar surface area (TPSA) is 49.2 Å². The summed E-state index contributed by atoms with van der Waals surface area (Å²) in [6, 6.07) is 6.77. The highest BCUT2D eigenvalue weighted by Crippen LogP contribution is 2.28. The molecule has 22 heavy (non-hydrogen) atoms. The van der Waals surface area contributed by atoms with Gasteiger partial charge in [0.25, 0.3) is 0 Å². The van der Waals surface area contributed by atoms with Crippen LogP contribution in [0.25, 0.3) is 0 Å². The Kier molecular flexibility index (Phi) is 4.69. The Labute approximate surface area is 133 Å². The van der Waals surface area contributed by atoms with Crippen molar-refractivity contribution in [2.45, 2.75) is 32.3 Å². The van der Waals surface area contributed by atoms with Gasteiger partial charge >= 0.3 is 0 Å². The van der Waals surface area contributed by atoms with Gasteiger partial charge < -0.3 is 10.0 Å². The molecule has 3 rings (SSSR count). The zero-order chi connectivity index (χ0) is 15.5. The van der Waals surface area contributed by atoms with E-state index in [4.69, 9.17) is 0 Å². The average Bonchev–Trinajstić information content (AvgIpc) is 2.98. The van der Waals surface area contributed by atoms with Gasteiger partial charge in [0.15, 0.2) is 0 Å². The molecule has 1 aromatic heterocycles. The first-order valence-electron chi connectivity index (χ1n) is 7.62. The van der Waals surface area contributed by atoms with E-state index in [0.717, 1.165) is 36.1 Å². The Morgan fingerprint density at radius 3 is 3.00 bits per heavy atom. The van der Waals surface area contributed by atoms with Crippen LogP contribution in [-0.2, 0) is 6.42 Å². The number of piperidine rings is 1. The molecule has 2 aromatic rings. The van der Waals surface area contributed by atoms with Crippen molar-refractivity contribution in [1.29, 1.82) is 0 Å². The molecule has 6 heteroatoms. The summed E-state index contributed by atoms with van der Waals surface area (Å²) in [5.41, 5.74) is 0.644. The van der Waals surface area contributed by atoms with Gasteiger partial charge in [-0.1, -0.05) is 29.5 Å². The highest BCUT2D eigenvalue weighted by Gasteiger charge is 2.25. The lowest BCUT2D eigenvalue weighted by atomic mass is 9.94. The number of halogens is 1. The van der Waals surface area contributed by atoms with Gasteiger partial charge in [-0.15, -0.1) is 10.2 Å². The maximum atomic E-state index is 13.7. The lowest BCUT2D eigenvalue weighted by molar-refractivity contribution is 0.115. The molecule has 0 amide bonds. The summed E-state index contributed by atoms with van der Waals surface area (Å²) < 4.78 is 13.7. The molecular weight excluding hydrogens is 301 g/mol. The van der Waals surface area contributed by atoms with Crippen molar-refractivity contribution < 1.29 is 9.50 Å². The minimum absolute atomic E-state index is 0.202. The van der Waals surface area contributed by atoms with Gasteiger partial charge in [0.05, 0.1) is 6.10 Å². The van der Waals surface area contributed by atoms with Crippen LogP contribution in [0, 0.1) is 11.7 Å². The Hall–Kier alpha value is -1.53. The van der Waals surface area contributed by atoms with Gasteiger partial charge in [-0.25, -0.2) is 4.39 Å². The lowest BCUT2D eigenvalue weighted by Gasteiger charge is -2.33. The monoisotopic (exact) mass is 321 g/mol. The number of aromatic nitrogens is 2. The Balaban J connectivity index is 1.70. The molecule has 1 aliphatic heterocycles. The summed E-state index contributed by atoms with van der Waals surface area (Å²) in [5.74, 6) is 0.0825. The molecule has 1 saturated heterocycles. The summed E-state index contributed by atoms with van der Waals surface area (Å²) in [4.78, 5) is 2.18. The van der Waals surface area contributed by atoms with E-state index in [1.54, 1.807) is 12.1 Å². The van der Waals surface area contributed by atoms with E-state index in [1.807, 2.05) is 13.0 Å². The van der Waals surface area contributed by atoms with Gasteiger partial charge in [0.1, 0.15) is 10.8 Å². The van der Waals surface area contributed by atoms with Crippen LogP contribution in [0.5, 0.6) is 0 Å². The van der Waals surface area contributed by atoms with E-state index < -0.39 is 0 Å². The number of anilines is 1. The van der Waals surface area contributed by atoms with Crippen molar-refractivity contribution in [1.82, 2.24) is 10.2 Å². The third kappa shape index (κ3) is 3.44. The van der Waals surface area contributed by atoms with Crippen molar-refractivity contribution in [2.24, 2.45) is 5.92 Å². The van der Waals surface area contributed by atoms with Gasteiger partial charge in [-0.05, 0) is 31.4 Å². The fourth-order valence-corrected chi connectivity index (χ4v) is 3.72. The van der Waals surface area contributed by atoms with E-state index in [-0.39, 0.29) is 17.8 Å². The van der Waals surface area contributed by atoms with Gasteiger partial charge in [-0.3, -0.25) is 0 Å². The summed E-state index contributed by atoms with van der Waals surface area (Å²) >= 11 is 1.51. The number of hydrogen-bond acceptors (Lipinski definition) is 5. The standard InChI is InChI=1S/C16H20FN3OS/c1-11(21)13-6-4-8-20(10-13)16-19-18-15(22-16)9-12-5-2-3-7-14(12)17/h2-3,5,7,11,13,21H,4,6,8-10H2,1H3. The molecule has 0 aliphatic carbocycles. The largest absolute Gasteiger partial charge is 0.393 e. The Morgan fingerprint density at radius 1 is 1.41 bits per heavy atom. The van der Waals surface area contributed by atoms with Gasteiger partial charge in [0.2, 0.25) is 5.13 Å². The molecule has 0 radical (unpaired) electrons. The predicted molar refractivity (Wildman–Crippen MR) is 85.7 cm³/mol. The van der Waals surface area contributed by atoms with Crippen LogP contribution < -0.4 is 4.90 Å². The molecule has 1 fully saturated rings. The van der Waals surface area contributed by atoms with Crippen LogP contribution in [0.15, 0.2) is 24.3 Å². The van der Waals surface area contributed by atoms with Crippen molar-refractivity contribution in [3.8, 4) is 0 Å². The molecule has 2 unspecified atom stereocenters. The molecule has 0 saturated carbocycles. The van der Waals surface area contributed by atoms with E-state index in [2.05, 4.69) is 15.1 Å². The molecule has 0 spiro atoms. The fourth-order valence-electron chi connectivity index (χ4n) is 2.83. The number of rotatable bonds is 4. The maximum absolute atomic E-state index is 13.7. The predicted octanol–water partition coefficient (Wildman–Crippen LogP) is 2.87. The number of aliphatic hydroxyl groups is 1. The Morgan fingerprint density at radius 2 is 2.23 bits per heavy atom. The fraction of sp³-hybridized carbons (Fsp3) is 0.500. The minimum Gasteiger partial charge on any atom is -0.393 e. The highest BCUT2D eigenvalue weighted by molar-refractivity contribution is 7.15. The SMILES string of the molecule is CC(O)C1CCCN(c2nnc(Cc3ccccc3F)s2)C1. The molecule has 118 valence electrons. The molecule has 1 aromatic carbocycles. The molecule has 4 nitrogen and oxygen atoms in total. The third-order valence-electron chi connectivity index (χ3n) is 4.17. The zero-order valence-electron chi connectivity index (χ0n) is 12.6. The van der Waals surface area contributed by atoms with Crippen LogP contribution in [0.2, 0.25) is 0 Å². The second-order valence-electron chi connectivity index (χ2n) is 5.84. The number of benzene rings is 1. The van der Waals surface area contributed by atoms with E-state index in [1.165, 1.54) is 17.4 Å². The van der Waals surface area contributed by atoms with Crippen LogP contribution >= 0.6 is 11.3 Å². The van der Waals surface area contributed by atoms with Crippen LogP contribution in [0.1, 0.15) is 30.3 Å². The molecule has 1 N–H and O–H groups in total. The van der Waals surface area contributed by atoms with Gasteiger partial charge in [0, 0.05) is 25.4 Å². The van der Waals surface area contributed by atoms with Crippen LogP contribution in [0.3, 0.4) is 0 Å². The van der Waals surface area contributed by atoms with Crippen molar-refractivity contribution >= 4 is 16.5 Å². The molecule has 2 atom stereocenters. The van der Waals surface area contributed by atoms with Crippen LogP contribution in [-0.4, -0.2) is 34.5 Å². The zero-order valence-corrected chi connectivity index (χ0v) is 13.4. The average molecular weight is 321 g/mol. The first kappa shape index (κ1) is 15.4. The van der Waals surface area contributed by atoms with E-state index in [0.29, 0.717) is 12.0 Å². The van der Waals surface area contributed by atoms with Crippen molar-refractivity contribution in [2.75, 3.05) is 18.0 Å². The second-order valence-corrected chi connectivity index (χ2v) is 6.88. The third-order valence-corrected chi connectivity index (χ3v) is 5.15. The molecule has 2 heterocycles.